The van der Waals surface area contributed by atoms with Crippen molar-refractivity contribution in [3.63, 3.8) is 0 Å². The largest absolute Gasteiger partial charge is 0.473 e. The Balaban J connectivity index is 1.93. The van der Waals surface area contributed by atoms with Crippen molar-refractivity contribution >= 4 is 5.91 Å². The minimum absolute atomic E-state index is 0.0586. The molecule has 1 saturated carbocycles. The van der Waals surface area contributed by atoms with Crippen molar-refractivity contribution in [3.8, 4) is 5.75 Å². The lowest BCUT2D eigenvalue weighted by molar-refractivity contribution is 0.0999. The molecule has 98 valence electrons. The summed E-state index contributed by atoms with van der Waals surface area (Å²) in [5.41, 5.74) is 10.9. The molecule has 4 N–H and O–H groups in total. The van der Waals surface area contributed by atoms with Crippen LogP contribution in [0.4, 0.5) is 4.39 Å². The molecule has 1 aromatic rings. The number of benzene rings is 1. The number of halogens is 1. The Hall–Kier alpha value is -1.62. The summed E-state index contributed by atoms with van der Waals surface area (Å²) in [5, 5.41) is 0. The number of primary amides is 1. The van der Waals surface area contributed by atoms with Gasteiger partial charge in [-0.05, 0) is 37.0 Å². The van der Waals surface area contributed by atoms with Crippen LogP contribution in [0.15, 0.2) is 18.2 Å². The van der Waals surface area contributed by atoms with Crippen molar-refractivity contribution in [3.05, 3.63) is 29.6 Å². The average molecular weight is 252 g/mol. The molecule has 1 unspecified atom stereocenters. The Morgan fingerprint density at radius 3 is 2.78 bits per heavy atom. The standard InChI is InChI=1S/C13H17FN2O2/c14-10-7-9(13(16)17)4-5-11(10)18-12(15)6-3-8-1-2-8/h4-5,7-8,12H,1-3,6,15H2,(H2,16,17). The second-order valence-electron chi connectivity index (χ2n) is 4.69. The first kappa shape index (κ1) is 12.8. The lowest BCUT2D eigenvalue weighted by Crippen LogP contribution is -2.27. The second-order valence-corrected chi connectivity index (χ2v) is 4.69. The van der Waals surface area contributed by atoms with Crippen LogP contribution in [-0.2, 0) is 0 Å². The number of rotatable bonds is 6. The number of carbonyl (C=O) groups excluding carboxylic acids is 1. The van der Waals surface area contributed by atoms with Crippen LogP contribution in [0.2, 0.25) is 0 Å². The zero-order chi connectivity index (χ0) is 13.1. The summed E-state index contributed by atoms with van der Waals surface area (Å²) in [6.45, 7) is 0. The first-order valence-electron chi connectivity index (χ1n) is 6.08. The van der Waals surface area contributed by atoms with Gasteiger partial charge in [-0.25, -0.2) is 4.39 Å². The third-order valence-electron chi connectivity index (χ3n) is 3.05. The van der Waals surface area contributed by atoms with Gasteiger partial charge >= 0.3 is 0 Å². The Kier molecular flexibility index (Phi) is 3.81. The Labute approximate surface area is 105 Å². The van der Waals surface area contributed by atoms with E-state index in [9.17, 15) is 9.18 Å². The molecular formula is C13H17FN2O2. The predicted molar refractivity (Wildman–Crippen MR) is 65.5 cm³/mol. The second kappa shape index (κ2) is 5.35. The van der Waals surface area contributed by atoms with Gasteiger partial charge in [-0.1, -0.05) is 12.8 Å². The van der Waals surface area contributed by atoms with Gasteiger partial charge in [-0.15, -0.1) is 0 Å². The summed E-state index contributed by atoms with van der Waals surface area (Å²) in [6, 6.07) is 3.87. The van der Waals surface area contributed by atoms with E-state index in [4.69, 9.17) is 16.2 Å². The molecule has 1 aliphatic rings. The van der Waals surface area contributed by atoms with Crippen molar-refractivity contribution < 1.29 is 13.9 Å². The van der Waals surface area contributed by atoms with Gasteiger partial charge in [0.15, 0.2) is 11.6 Å². The van der Waals surface area contributed by atoms with Crippen LogP contribution < -0.4 is 16.2 Å². The molecule has 5 heteroatoms. The number of carbonyl (C=O) groups is 1. The highest BCUT2D eigenvalue weighted by atomic mass is 19.1. The molecule has 1 aromatic carbocycles. The molecule has 4 nitrogen and oxygen atoms in total. The van der Waals surface area contributed by atoms with E-state index in [0.29, 0.717) is 6.42 Å². The molecule has 0 heterocycles. The zero-order valence-electron chi connectivity index (χ0n) is 10.1. The first-order valence-corrected chi connectivity index (χ1v) is 6.08. The number of ether oxygens (including phenoxy) is 1. The molecule has 0 bridgehead atoms. The number of nitrogens with two attached hydrogens (primary N) is 2. The maximum absolute atomic E-state index is 13.6. The Morgan fingerprint density at radius 1 is 1.50 bits per heavy atom. The third kappa shape index (κ3) is 3.43. The van der Waals surface area contributed by atoms with Crippen LogP contribution in [0.25, 0.3) is 0 Å². The summed E-state index contributed by atoms with van der Waals surface area (Å²) in [7, 11) is 0. The van der Waals surface area contributed by atoms with Gasteiger partial charge in [0, 0.05) is 5.56 Å². The van der Waals surface area contributed by atoms with Gasteiger partial charge in [0.2, 0.25) is 5.91 Å². The van der Waals surface area contributed by atoms with E-state index in [1.54, 1.807) is 0 Å². The maximum Gasteiger partial charge on any atom is 0.248 e. The molecule has 1 aliphatic carbocycles. The van der Waals surface area contributed by atoms with Crippen LogP contribution >= 0.6 is 0 Å². The lowest BCUT2D eigenvalue weighted by Gasteiger charge is -2.15. The monoisotopic (exact) mass is 252 g/mol. The van der Waals surface area contributed by atoms with Crippen molar-refractivity contribution in [1.82, 2.24) is 0 Å². The van der Waals surface area contributed by atoms with E-state index in [1.165, 1.54) is 25.0 Å². The van der Waals surface area contributed by atoms with Gasteiger partial charge in [0.05, 0.1) is 0 Å². The fraction of sp³-hybridized carbons (Fsp3) is 0.462. The van der Waals surface area contributed by atoms with Crippen LogP contribution in [-0.4, -0.2) is 12.1 Å². The minimum atomic E-state index is -0.668. The SMILES string of the molecule is NC(=O)c1ccc(OC(N)CCC2CC2)c(F)c1. The van der Waals surface area contributed by atoms with Gasteiger partial charge in [0.1, 0.15) is 6.23 Å². The zero-order valence-corrected chi connectivity index (χ0v) is 10.1. The summed E-state index contributed by atoms with van der Waals surface area (Å²) in [6.07, 6.45) is 3.73. The fourth-order valence-electron chi connectivity index (χ4n) is 1.78. The van der Waals surface area contributed by atoms with Crippen LogP contribution in [0.3, 0.4) is 0 Å². The highest BCUT2D eigenvalue weighted by Crippen LogP contribution is 2.34. The first-order chi connectivity index (χ1) is 8.56. The number of hydrogen-bond donors (Lipinski definition) is 2. The summed E-state index contributed by atoms with van der Waals surface area (Å²) in [4.78, 5) is 10.9. The van der Waals surface area contributed by atoms with Crippen molar-refractivity contribution in [1.29, 1.82) is 0 Å². The molecule has 0 aromatic heterocycles. The molecule has 0 radical (unpaired) electrons. The number of amides is 1. The van der Waals surface area contributed by atoms with E-state index in [-0.39, 0.29) is 11.3 Å². The quantitative estimate of drug-likeness (QED) is 0.757. The molecule has 0 spiro atoms. The minimum Gasteiger partial charge on any atom is -0.473 e. The van der Waals surface area contributed by atoms with Gasteiger partial charge in [-0.3, -0.25) is 10.5 Å². The molecule has 1 atom stereocenters. The van der Waals surface area contributed by atoms with E-state index < -0.39 is 18.0 Å². The lowest BCUT2D eigenvalue weighted by atomic mass is 10.2. The summed E-state index contributed by atoms with van der Waals surface area (Å²) >= 11 is 0. The summed E-state index contributed by atoms with van der Waals surface area (Å²) < 4.78 is 18.9. The molecule has 1 fully saturated rings. The molecule has 2 rings (SSSR count). The Bertz CT molecular complexity index is 447. The average Bonchev–Trinajstić information content (AvgIpc) is 3.13. The maximum atomic E-state index is 13.6. The van der Waals surface area contributed by atoms with E-state index in [0.717, 1.165) is 18.4 Å². The summed E-state index contributed by atoms with van der Waals surface area (Å²) in [5.74, 6) is -0.461. The Morgan fingerprint density at radius 2 is 2.22 bits per heavy atom. The smallest absolute Gasteiger partial charge is 0.248 e. The van der Waals surface area contributed by atoms with Crippen LogP contribution in [0.1, 0.15) is 36.0 Å². The molecule has 18 heavy (non-hydrogen) atoms. The predicted octanol–water partition coefficient (Wildman–Crippen LogP) is 1.78. The van der Waals surface area contributed by atoms with E-state index in [1.807, 2.05) is 0 Å². The normalized spacial score (nSPS) is 16.3. The van der Waals surface area contributed by atoms with Crippen molar-refractivity contribution in [2.75, 3.05) is 0 Å². The molecular weight excluding hydrogens is 235 g/mol. The van der Waals surface area contributed by atoms with Gasteiger partial charge < -0.3 is 10.5 Å². The van der Waals surface area contributed by atoms with Crippen LogP contribution in [0, 0.1) is 11.7 Å². The van der Waals surface area contributed by atoms with Crippen molar-refractivity contribution in [2.45, 2.75) is 31.9 Å². The van der Waals surface area contributed by atoms with Gasteiger partial charge in [0.25, 0.3) is 0 Å². The van der Waals surface area contributed by atoms with E-state index >= 15 is 0 Å². The molecule has 0 saturated heterocycles. The van der Waals surface area contributed by atoms with Gasteiger partial charge in [-0.2, -0.15) is 0 Å². The highest BCUT2D eigenvalue weighted by molar-refractivity contribution is 5.92. The highest BCUT2D eigenvalue weighted by Gasteiger charge is 2.22. The van der Waals surface area contributed by atoms with Crippen molar-refractivity contribution in [2.24, 2.45) is 17.4 Å². The van der Waals surface area contributed by atoms with Crippen LogP contribution in [0.5, 0.6) is 5.75 Å². The fourth-order valence-corrected chi connectivity index (χ4v) is 1.78. The topological polar surface area (TPSA) is 78.3 Å². The van der Waals surface area contributed by atoms with E-state index in [2.05, 4.69) is 0 Å². The molecule has 1 amide bonds. The molecule has 0 aliphatic heterocycles. The third-order valence-corrected chi connectivity index (χ3v) is 3.05. The number of hydrogen-bond acceptors (Lipinski definition) is 3.